The molecule has 0 fully saturated rings. The SMILES string of the molecule is Cc1ccnc(-c2[c-]ccc(OCN)c2)c1.Cc1ccnc(-c2cc(C)ccn2)c1.Cc1ccnc(-c2cc(C)ccn2)c1.[Os+]. The average molecular weight is 772 g/mol. The Morgan fingerprint density at radius 2 is 0.844 bits per heavy atom. The molecule has 0 amide bonds. The Hall–Kier alpha value is -4.63. The maximum absolute atomic E-state index is 5.33. The number of aryl methyl sites for hydroxylation is 5. The predicted octanol–water partition coefficient (Wildman–Crippen LogP) is 7.67. The van der Waals surface area contributed by atoms with Crippen LogP contribution in [0.4, 0.5) is 0 Å². The van der Waals surface area contributed by atoms with Gasteiger partial charge in [0.15, 0.2) is 0 Å². The Morgan fingerprint density at radius 1 is 0.511 bits per heavy atom. The van der Waals surface area contributed by atoms with Crippen LogP contribution in [0.3, 0.4) is 0 Å². The molecule has 0 aliphatic heterocycles. The maximum Gasteiger partial charge on any atom is 1.00 e. The summed E-state index contributed by atoms with van der Waals surface area (Å²) in [5.41, 5.74) is 16.9. The van der Waals surface area contributed by atoms with Gasteiger partial charge in [-0.25, -0.2) is 0 Å². The number of rotatable bonds is 5. The Bertz CT molecular complexity index is 1640. The first kappa shape index (κ1) is 34.9. The number of aromatic nitrogens is 5. The van der Waals surface area contributed by atoms with Crippen molar-refractivity contribution in [2.24, 2.45) is 5.73 Å². The molecule has 1 radical (unpaired) electrons. The summed E-state index contributed by atoms with van der Waals surface area (Å²) in [6, 6.07) is 28.7. The van der Waals surface area contributed by atoms with Crippen LogP contribution in [-0.4, -0.2) is 31.7 Å². The molecule has 0 spiro atoms. The molecule has 2 N–H and O–H groups in total. The van der Waals surface area contributed by atoms with E-state index in [0.717, 1.165) is 39.8 Å². The van der Waals surface area contributed by atoms with E-state index in [1.165, 1.54) is 27.8 Å². The first-order valence-electron chi connectivity index (χ1n) is 14.3. The van der Waals surface area contributed by atoms with Crippen LogP contribution in [0.5, 0.6) is 5.75 Å². The number of pyridine rings is 5. The fourth-order valence-electron chi connectivity index (χ4n) is 4.17. The van der Waals surface area contributed by atoms with Crippen LogP contribution in [0, 0.1) is 40.7 Å². The van der Waals surface area contributed by atoms with Crippen LogP contribution in [-0.2, 0) is 19.8 Å². The molecule has 8 heteroatoms. The third-order valence-electron chi connectivity index (χ3n) is 6.40. The van der Waals surface area contributed by atoms with Crippen LogP contribution >= 0.6 is 0 Å². The molecule has 5 heterocycles. The minimum Gasteiger partial charge on any atom is -0.498 e. The van der Waals surface area contributed by atoms with Gasteiger partial charge in [-0.1, -0.05) is 11.6 Å². The normalized spacial score (nSPS) is 9.91. The molecule has 0 saturated carbocycles. The Balaban J connectivity index is 0.000000183. The van der Waals surface area contributed by atoms with E-state index in [-0.39, 0.29) is 26.5 Å². The van der Waals surface area contributed by atoms with Crippen LogP contribution < -0.4 is 10.5 Å². The molecular weight excluding hydrogens is 735 g/mol. The fourth-order valence-corrected chi connectivity index (χ4v) is 4.17. The van der Waals surface area contributed by atoms with Crippen molar-refractivity contribution in [1.82, 2.24) is 24.9 Å². The van der Waals surface area contributed by atoms with Gasteiger partial charge in [-0.05, 0) is 117 Å². The third kappa shape index (κ3) is 11.1. The standard InChI is InChI=1S/C13H13N2O.2C12H12N2.Os/c1-10-5-6-15-13(7-10)11-3-2-4-12(8-11)16-9-14;2*1-9-3-5-13-11(7-9)12-8-10(2)4-6-14-12;/h2,4-8H,9,14H2,1H3;2*3-8H,1-2H3;/q-1;;;+1. The van der Waals surface area contributed by atoms with E-state index in [1.54, 1.807) is 6.20 Å². The van der Waals surface area contributed by atoms with Crippen molar-refractivity contribution in [2.45, 2.75) is 34.6 Å². The monoisotopic (exact) mass is 773 g/mol. The van der Waals surface area contributed by atoms with E-state index in [2.05, 4.69) is 58.7 Å². The van der Waals surface area contributed by atoms with Crippen LogP contribution in [0.25, 0.3) is 34.0 Å². The minimum atomic E-state index is 0. The zero-order valence-corrected chi connectivity index (χ0v) is 28.7. The van der Waals surface area contributed by atoms with Crippen LogP contribution in [0.1, 0.15) is 27.8 Å². The number of benzene rings is 1. The van der Waals surface area contributed by atoms with Crippen molar-refractivity contribution in [1.29, 1.82) is 0 Å². The minimum absolute atomic E-state index is 0. The van der Waals surface area contributed by atoms with Crippen molar-refractivity contribution in [3.05, 3.63) is 144 Å². The Morgan fingerprint density at radius 3 is 1.18 bits per heavy atom. The number of nitrogens with zero attached hydrogens (tertiary/aromatic N) is 5. The third-order valence-corrected chi connectivity index (χ3v) is 6.40. The van der Waals surface area contributed by atoms with Crippen molar-refractivity contribution < 1.29 is 24.5 Å². The van der Waals surface area contributed by atoms with E-state index in [4.69, 9.17) is 10.5 Å². The summed E-state index contributed by atoms with van der Waals surface area (Å²) in [6.45, 7) is 10.4. The Labute approximate surface area is 279 Å². The molecule has 0 aliphatic rings. The fraction of sp³-hybridized carbons (Fsp3) is 0.162. The van der Waals surface area contributed by atoms with Crippen molar-refractivity contribution in [3.8, 4) is 39.8 Å². The van der Waals surface area contributed by atoms with E-state index in [9.17, 15) is 0 Å². The van der Waals surface area contributed by atoms with Gasteiger partial charge in [0.1, 0.15) is 6.73 Å². The summed E-state index contributed by atoms with van der Waals surface area (Å²) < 4.78 is 5.23. The first-order chi connectivity index (χ1) is 21.3. The predicted molar refractivity (Wildman–Crippen MR) is 177 cm³/mol. The van der Waals surface area contributed by atoms with Gasteiger partial charge in [0, 0.05) is 36.7 Å². The molecular formula is C37H37N6OOs. The summed E-state index contributed by atoms with van der Waals surface area (Å²) in [7, 11) is 0. The molecule has 0 atom stereocenters. The van der Waals surface area contributed by atoms with Crippen LogP contribution in [0.2, 0.25) is 0 Å². The number of hydrogen-bond acceptors (Lipinski definition) is 7. The summed E-state index contributed by atoms with van der Waals surface area (Å²) in [4.78, 5) is 21.4. The molecule has 229 valence electrons. The van der Waals surface area contributed by atoms with Gasteiger partial charge >= 0.3 is 19.8 Å². The molecule has 6 rings (SSSR count). The topological polar surface area (TPSA) is 99.7 Å². The molecule has 0 bridgehead atoms. The molecule has 6 aromatic rings. The quantitative estimate of drug-likeness (QED) is 0.142. The summed E-state index contributed by atoms with van der Waals surface area (Å²) in [6.07, 6.45) is 9.04. The first-order valence-corrected chi connectivity index (χ1v) is 14.3. The maximum atomic E-state index is 5.33. The smallest absolute Gasteiger partial charge is 0.498 e. The van der Waals surface area contributed by atoms with Crippen molar-refractivity contribution in [3.63, 3.8) is 0 Å². The van der Waals surface area contributed by atoms with E-state index >= 15 is 0 Å². The number of hydrogen-bond donors (Lipinski definition) is 1. The average Bonchev–Trinajstić information content (AvgIpc) is 3.02. The number of ether oxygens (including phenoxy) is 1. The second kappa shape index (κ2) is 17.6. The van der Waals surface area contributed by atoms with E-state index in [1.807, 2.05) is 111 Å². The van der Waals surface area contributed by atoms with Gasteiger partial charge in [-0.15, -0.1) is 29.8 Å². The van der Waals surface area contributed by atoms with Crippen molar-refractivity contribution in [2.75, 3.05) is 6.73 Å². The second-order valence-electron chi connectivity index (χ2n) is 10.3. The summed E-state index contributed by atoms with van der Waals surface area (Å²) in [5.74, 6) is 0.736. The van der Waals surface area contributed by atoms with Crippen molar-refractivity contribution >= 4 is 0 Å². The largest absolute Gasteiger partial charge is 1.00 e. The molecule has 0 aliphatic carbocycles. The zero-order valence-electron chi connectivity index (χ0n) is 26.2. The molecule has 0 saturated heterocycles. The molecule has 1 aromatic carbocycles. The Kier molecular flexibility index (Phi) is 13.6. The van der Waals surface area contributed by atoms with Gasteiger partial charge in [0.2, 0.25) is 0 Å². The van der Waals surface area contributed by atoms with Gasteiger partial charge in [0.25, 0.3) is 0 Å². The number of nitrogens with two attached hydrogens (primary N) is 1. The van der Waals surface area contributed by atoms with E-state index < -0.39 is 0 Å². The van der Waals surface area contributed by atoms with Gasteiger partial charge in [0.05, 0.1) is 22.8 Å². The van der Waals surface area contributed by atoms with Gasteiger partial charge < -0.3 is 9.72 Å². The molecule has 0 unspecified atom stereocenters. The van der Waals surface area contributed by atoms with E-state index in [0.29, 0.717) is 0 Å². The second-order valence-corrected chi connectivity index (χ2v) is 10.3. The molecule has 45 heavy (non-hydrogen) atoms. The molecule has 5 aromatic heterocycles. The molecule has 7 nitrogen and oxygen atoms in total. The summed E-state index contributed by atoms with van der Waals surface area (Å²) in [5, 5.41) is 0. The zero-order chi connectivity index (χ0) is 31.3. The van der Waals surface area contributed by atoms with Crippen LogP contribution in [0.15, 0.2) is 110 Å². The van der Waals surface area contributed by atoms with Gasteiger partial charge in [-0.2, -0.15) is 0 Å². The summed E-state index contributed by atoms with van der Waals surface area (Å²) >= 11 is 0. The van der Waals surface area contributed by atoms with Gasteiger partial charge in [-0.3, -0.25) is 25.7 Å².